The SMILES string of the molecule is N#Cc1ccc(N2C[C@H]3[C@H]4O[C@H](C[C@H]4F)[C@H]3S2(O)O)cc1C(F)(F)F. The minimum absolute atomic E-state index is 0.00220. The first kappa shape index (κ1) is 16.9. The molecular formula is C15H14F4N2O3S. The van der Waals surface area contributed by atoms with E-state index in [9.17, 15) is 26.7 Å². The molecule has 1 aromatic carbocycles. The molecule has 0 radical (unpaired) electrons. The van der Waals surface area contributed by atoms with Crippen molar-refractivity contribution in [3.63, 3.8) is 0 Å². The fraction of sp³-hybridized carbons (Fsp3) is 0.533. The average Bonchev–Trinajstić information content (AvgIpc) is 3.15. The molecular weight excluding hydrogens is 364 g/mol. The molecule has 25 heavy (non-hydrogen) atoms. The molecule has 10 heteroatoms. The summed E-state index contributed by atoms with van der Waals surface area (Å²) < 4.78 is 81.2. The second-order valence-electron chi connectivity index (χ2n) is 6.48. The summed E-state index contributed by atoms with van der Waals surface area (Å²) in [5.74, 6) is -0.483. The number of hydrogen-bond acceptors (Lipinski definition) is 5. The van der Waals surface area contributed by atoms with Crippen molar-refractivity contribution in [1.82, 2.24) is 0 Å². The number of anilines is 1. The highest BCUT2D eigenvalue weighted by Crippen LogP contribution is 2.66. The standard InChI is InChI=1S/C15H14F4N2O3S/c16-11-4-12-14-9(13(11)24-12)6-21(25(14,22)23)8-2-1-7(5-20)10(3-8)15(17,18)19/h1-3,9,11-14,22-23H,4,6H2/t9-,11+,12+,13+,14-/m0/s1. The minimum atomic E-state index is -4.74. The first-order chi connectivity index (χ1) is 11.6. The Kier molecular flexibility index (Phi) is 3.54. The smallest absolute Gasteiger partial charge is 0.369 e. The largest absolute Gasteiger partial charge is 0.417 e. The summed E-state index contributed by atoms with van der Waals surface area (Å²) >= 11 is 0. The third-order valence-corrected chi connectivity index (χ3v) is 7.53. The van der Waals surface area contributed by atoms with E-state index in [1.54, 1.807) is 0 Å². The van der Waals surface area contributed by atoms with Gasteiger partial charge in [-0.25, -0.2) is 4.39 Å². The van der Waals surface area contributed by atoms with Gasteiger partial charge in [0.2, 0.25) is 0 Å². The monoisotopic (exact) mass is 378 g/mol. The lowest BCUT2D eigenvalue weighted by Crippen LogP contribution is -2.37. The Bertz CT molecular complexity index is 766. The lowest BCUT2D eigenvalue weighted by atomic mass is 9.87. The molecule has 5 atom stereocenters. The van der Waals surface area contributed by atoms with E-state index in [-0.39, 0.29) is 18.7 Å². The molecule has 3 saturated heterocycles. The Balaban J connectivity index is 1.73. The predicted octanol–water partition coefficient (Wildman–Crippen LogP) is 3.56. The Morgan fingerprint density at radius 2 is 2.04 bits per heavy atom. The van der Waals surface area contributed by atoms with Crippen molar-refractivity contribution in [1.29, 1.82) is 5.26 Å². The molecule has 3 aliphatic heterocycles. The highest BCUT2D eigenvalue weighted by Gasteiger charge is 2.64. The van der Waals surface area contributed by atoms with E-state index in [1.807, 2.05) is 0 Å². The highest BCUT2D eigenvalue weighted by molar-refractivity contribution is 8.26. The van der Waals surface area contributed by atoms with E-state index in [2.05, 4.69) is 0 Å². The molecule has 0 unspecified atom stereocenters. The van der Waals surface area contributed by atoms with E-state index in [0.717, 1.165) is 16.4 Å². The van der Waals surface area contributed by atoms with Crippen LogP contribution < -0.4 is 4.31 Å². The van der Waals surface area contributed by atoms with Gasteiger partial charge in [0, 0.05) is 18.9 Å². The maximum absolute atomic E-state index is 13.9. The molecule has 2 N–H and O–H groups in total. The molecule has 0 spiro atoms. The Morgan fingerprint density at radius 1 is 1.32 bits per heavy atom. The van der Waals surface area contributed by atoms with Crippen LogP contribution in [0.5, 0.6) is 0 Å². The van der Waals surface area contributed by atoms with Gasteiger partial charge in [0.05, 0.1) is 35.1 Å². The van der Waals surface area contributed by atoms with Gasteiger partial charge < -0.3 is 4.74 Å². The zero-order valence-electron chi connectivity index (χ0n) is 12.7. The van der Waals surface area contributed by atoms with Gasteiger partial charge in [0.1, 0.15) is 11.4 Å². The zero-order chi connectivity index (χ0) is 18.1. The number of nitriles is 1. The molecule has 0 aromatic heterocycles. The molecule has 0 amide bonds. The number of ether oxygens (including phenoxy) is 1. The zero-order valence-corrected chi connectivity index (χ0v) is 13.5. The number of fused-ring (bicyclic) bond motifs is 5. The number of hydrogen-bond donors (Lipinski definition) is 2. The second kappa shape index (κ2) is 5.23. The van der Waals surface area contributed by atoms with Crippen LogP contribution >= 0.6 is 10.8 Å². The minimum Gasteiger partial charge on any atom is -0.369 e. The van der Waals surface area contributed by atoms with Gasteiger partial charge in [-0.15, -0.1) is 10.8 Å². The van der Waals surface area contributed by atoms with Crippen LogP contribution in [-0.2, 0) is 10.9 Å². The van der Waals surface area contributed by atoms with Crippen molar-refractivity contribution in [3.8, 4) is 6.07 Å². The molecule has 3 aliphatic rings. The van der Waals surface area contributed by atoms with Crippen LogP contribution in [0.3, 0.4) is 0 Å². The molecule has 2 bridgehead atoms. The van der Waals surface area contributed by atoms with Gasteiger partial charge in [-0.2, -0.15) is 18.4 Å². The summed E-state index contributed by atoms with van der Waals surface area (Å²) in [6.45, 7) is -0.00220. The third kappa shape index (κ3) is 2.33. The van der Waals surface area contributed by atoms with Crippen molar-refractivity contribution in [2.24, 2.45) is 5.92 Å². The summed E-state index contributed by atoms with van der Waals surface area (Å²) in [6, 6.07) is 4.48. The quantitative estimate of drug-likeness (QED) is 0.731. The number of alkyl halides is 4. The van der Waals surface area contributed by atoms with Gasteiger partial charge in [-0.05, 0) is 18.2 Å². The van der Waals surface area contributed by atoms with Crippen LogP contribution in [-0.4, -0.2) is 39.3 Å². The normalized spacial score (nSPS) is 37.0. The van der Waals surface area contributed by atoms with E-state index < -0.39 is 57.6 Å². The predicted molar refractivity (Wildman–Crippen MR) is 81.8 cm³/mol. The first-order valence-corrected chi connectivity index (χ1v) is 9.17. The second-order valence-corrected chi connectivity index (χ2v) is 8.59. The Labute approximate surface area is 142 Å². The fourth-order valence-electron chi connectivity index (χ4n) is 4.12. The van der Waals surface area contributed by atoms with Crippen LogP contribution in [0.2, 0.25) is 0 Å². The van der Waals surface area contributed by atoms with Crippen molar-refractivity contribution in [2.45, 2.75) is 36.2 Å². The molecule has 3 fully saturated rings. The Morgan fingerprint density at radius 3 is 2.68 bits per heavy atom. The molecule has 1 aromatic rings. The van der Waals surface area contributed by atoms with Crippen molar-refractivity contribution in [2.75, 3.05) is 10.8 Å². The molecule has 136 valence electrons. The van der Waals surface area contributed by atoms with E-state index in [4.69, 9.17) is 10.00 Å². The Hall–Kier alpha value is -1.54. The van der Waals surface area contributed by atoms with Gasteiger partial charge in [0.15, 0.2) is 0 Å². The average molecular weight is 378 g/mol. The van der Waals surface area contributed by atoms with Crippen LogP contribution in [0.25, 0.3) is 0 Å². The topological polar surface area (TPSA) is 76.7 Å². The number of rotatable bonds is 1. The molecule has 4 rings (SSSR count). The maximum Gasteiger partial charge on any atom is 0.417 e. The van der Waals surface area contributed by atoms with Crippen LogP contribution in [0, 0.1) is 17.2 Å². The maximum atomic E-state index is 13.9. The van der Waals surface area contributed by atoms with Crippen molar-refractivity contribution < 1.29 is 31.4 Å². The lowest BCUT2D eigenvalue weighted by Gasteiger charge is -2.43. The van der Waals surface area contributed by atoms with Crippen molar-refractivity contribution in [3.05, 3.63) is 29.3 Å². The molecule has 0 saturated carbocycles. The number of halogens is 4. The fourth-order valence-corrected chi connectivity index (χ4v) is 6.52. The third-order valence-electron chi connectivity index (χ3n) is 5.14. The van der Waals surface area contributed by atoms with Gasteiger partial charge >= 0.3 is 6.18 Å². The van der Waals surface area contributed by atoms with E-state index in [1.165, 1.54) is 12.1 Å². The summed E-state index contributed by atoms with van der Waals surface area (Å²) in [5, 5.41) is 8.15. The summed E-state index contributed by atoms with van der Waals surface area (Å²) in [6.07, 6.45) is -7.28. The number of nitrogens with zero attached hydrogens (tertiary/aromatic N) is 2. The van der Waals surface area contributed by atoms with E-state index >= 15 is 0 Å². The first-order valence-electron chi connectivity index (χ1n) is 7.60. The molecule has 5 nitrogen and oxygen atoms in total. The van der Waals surface area contributed by atoms with Crippen LogP contribution in [0.15, 0.2) is 18.2 Å². The van der Waals surface area contributed by atoms with Crippen LogP contribution in [0.4, 0.5) is 23.2 Å². The van der Waals surface area contributed by atoms with Crippen LogP contribution in [0.1, 0.15) is 17.5 Å². The highest BCUT2D eigenvalue weighted by atomic mass is 32.3. The summed E-state index contributed by atoms with van der Waals surface area (Å²) in [5.41, 5.74) is -1.72. The summed E-state index contributed by atoms with van der Waals surface area (Å²) in [7, 11) is -3.46. The van der Waals surface area contributed by atoms with E-state index in [0.29, 0.717) is 0 Å². The van der Waals surface area contributed by atoms with Gasteiger partial charge in [0.25, 0.3) is 0 Å². The summed E-state index contributed by atoms with van der Waals surface area (Å²) in [4.78, 5) is 0. The number of benzene rings is 1. The molecule has 0 aliphatic carbocycles. The molecule has 3 heterocycles. The lowest BCUT2D eigenvalue weighted by molar-refractivity contribution is -0.137. The van der Waals surface area contributed by atoms with Gasteiger partial charge in [-0.1, -0.05) is 0 Å². The van der Waals surface area contributed by atoms with Crippen molar-refractivity contribution >= 4 is 16.5 Å². The van der Waals surface area contributed by atoms with Gasteiger partial charge in [-0.3, -0.25) is 13.4 Å².